The van der Waals surface area contributed by atoms with E-state index in [4.69, 9.17) is 4.74 Å². The van der Waals surface area contributed by atoms with E-state index in [1.54, 1.807) is 0 Å². The van der Waals surface area contributed by atoms with Crippen LogP contribution in [-0.4, -0.2) is 43.7 Å². The predicted molar refractivity (Wildman–Crippen MR) is 80.0 cm³/mol. The molecule has 1 aliphatic heterocycles. The van der Waals surface area contributed by atoms with E-state index in [1.165, 1.54) is 11.3 Å². The fraction of sp³-hybridized carbons (Fsp3) is 0.667. The van der Waals surface area contributed by atoms with Gasteiger partial charge in [0.1, 0.15) is 3.79 Å². The second-order valence-electron chi connectivity index (χ2n) is 4.82. The van der Waals surface area contributed by atoms with Crippen molar-refractivity contribution in [3.63, 3.8) is 0 Å². The lowest BCUT2D eigenvalue weighted by Crippen LogP contribution is -2.36. The Bertz CT molecular complexity index is 444. The number of morpholine rings is 1. The van der Waals surface area contributed by atoms with E-state index in [0.29, 0.717) is 31.4 Å². The molecule has 0 unspecified atom stereocenters. The summed E-state index contributed by atoms with van der Waals surface area (Å²) in [5.41, 5.74) is 0.479. The van der Waals surface area contributed by atoms with Gasteiger partial charge in [0.05, 0.1) is 13.2 Å². The first-order valence-corrected chi connectivity index (χ1v) is 7.96. The fourth-order valence-corrected chi connectivity index (χ4v) is 3.25. The maximum absolute atomic E-state index is 12.0. The van der Waals surface area contributed by atoms with E-state index in [1.807, 2.05) is 0 Å². The van der Waals surface area contributed by atoms with Gasteiger partial charge in [0.25, 0.3) is 5.91 Å². The number of nitrogens with one attached hydrogen (secondary N) is 1. The van der Waals surface area contributed by atoms with Gasteiger partial charge in [0.2, 0.25) is 0 Å². The molecule has 0 saturated carbocycles. The third-order valence-electron chi connectivity index (χ3n) is 2.74. The number of rotatable bonds is 4. The molecule has 1 saturated heterocycles. The van der Waals surface area contributed by atoms with Crippen LogP contribution in [0.5, 0.6) is 0 Å². The zero-order chi connectivity index (χ0) is 13.8. The molecular weight excluding hydrogens is 330 g/mol. The van der Waals surface area contributed by atoms with Crippen LogP contribution in [0.15, 0.2) is 3.79 Å². The van der Waals surface area contributed by atoms with Crippen LogP contribution >= 0.6 is 27.3 Å². The highest BCUT2D eigenvalue weighted by Crippen LogP contribution is 2.31. The number of anilines is 1. The second kappa shape index (κ2) is 6.67. The Morgan fingerprint density at radius 1 is 1.53 bits per heavy atom. The summed E-state index contributed by atoms with van der Waals surface area (Å²) in [5, 5.41) is 3.77. The monoisotopic (exact) mass is 347 g/mol. The molecule has 0 radical (unpaired) electrons. The Kier molecular flexibility index (Phi) is 5.18. The first kappa shape index (κ1) is 14.7. The average Bonchev–Trinajstić information content (AvgIpc) is 2.79. The molecule has 0 aliphatic carbocycles. The molecule has 0 atom stereocenters. The number of carbonyl (C=O) groups is 1. The number of carbonyl (C=O) groups excluding carboxylic acids is 1. The van der Waals surface area contributed by atoms with Crippen LogP contribution in [0.4, 0.5) is 5.13 Å². The van der Waals surface area contributed by atoms with Crippen LogP contribution in [0.2, 0.25) is 0 Å². The van der Waals surface area contributed by atoms with Gasteiger partial charge in [-0.2, -0.15) is 0 Å². The van der Waals surface area contributed by atoms with E-state index in [-0.39, 0.29) is 5.91 Å². The lowest BCUT2D eigenvalue weighted by atomic mass is 10.2. The fourth-order valence-electron chi connectivity index (χ4n) is 1.70. The van der Waals surface area contributed by atoms with Crippen molar-refractivity contribution >= 4 is 38.3 Å². The van der Waals surface area contributed by atoms with Gasteiger partial charge in [0, 0.05) is 19.6 Å². The molecule has 106 valence electrons. The smallest absolute Gasteiger partial charge is 0.272 e. The summed E-state index contributed by atoms with van der Waals surface area (Å²) in [6.07, 6.45) is 0. The highest BCUT2D eigenvalue weighted by atomic mass is 79.9. The minimum absolute atomic E-state index is 0.115. The van der Waals surface area contributed by atoms with Gasteiger partial charge in [0.15, 0.2) is 10.8 Å². The number of aromatic nitrogens is 1. The Labute approximate surface area is 125 Å². The van der Waals surface area contributed by atoms with Gasteiger partial charge >= 0.3 is 0 Å². The Morgan fingerprint density at radius 2 is 2.21 bits per heavy atom. The molecule has 1 N–H and O–H groups in total. The molecule has 5 nitrogen and oxygen atoms in total. The van der Waals surface area contributed by atoms with Crippen LogP contribution in [0.3, 0.4) is 0 Å². The number of thiazole rings is 1. The molecule has 1 aliphatic rings. The average molecular weight is 348 g/mol. The van der Waals surface area contributed by atoms with Gasteiger partial charge in [-0.15, -0.1) is 0 Å². The number of nitrogens with zero attached hydrogens (tertiary/aromatic N) is 2. The Balaban J connectivity index is 2.05. The summed E-state index contributed by atoms with van der Waals surface area (Å²) < 4.78 is 6.10. The van der Waals surface area contributed by atoms with Crippen molar-refractivity contribution in [2.24, 2.45) is 5.92 Å². The summed E-state index contributed by atoms with van der Waals surface area (Å²) in [6.45, 7) is 7.87. The lowest BCUT2D eigenvalue weighted by Gasteiger charge is -2.25. The first-order chi connectivity index (χ1) is 9.08. The number of halogens is 1. The van der Waals surface area contributed by atoms with Gasteiger partial charge in [-0.05, 0) is 21.8 Å². The minimum Gasteiger partial charge on any atom is -0.378 e. The van der Waals surface area contributed by atoms with Gasteiger partial charge in [-0.25, -0.2) is 4.98 Å². The lowest BCUT2D eigenvalue weighted by molar-refractivity contribution is 0.0944. The van der Waals surface area contributed by atoms with Crippen molar-refractivity contribution < 1.29 is 9.53 Å². The summed E-state index contributed by atoms with van der Waals surface area (Å²) >= 11 is 4.93. The minimum atomic E-state index is -0.115. The van der Waals surface area contributed by atoms with E-state index < -0.39 is 0 Å². The van der Waals surface area contributed by atoms with Crippen molar-refractivity contribution in [2.75, 3.05) is 37.7 Å². The van der Waals surface area contributed by atoms with Crippen LogP contribution in [0, 0.1) is 5.92 Å². The highest BCUT2D eigenvalue weighted by molar-refractivity contribution is 9.11. The summed E-state index contributed by atoms with van der Waals surface area (Å²) in [5.74, 6) is 0.316. The molecule has 1 amide bonds. The molecule has 1 aromatic heterocycles. The number of amides is 1. The van der Waals surface area contributed by atoms with E-state index >= 15 is 0 Å². The molecule has 1 aromatic rings. The second-order valence-corrected chi connectivity index (χ2v) is 7.12. The van der Waals surface area contributed by atoms with Crippen molar-refractivity contribution in [1.82, 2.24) is 10.3 Å². The number of hydrogen-bond donors (Lipinski definition) is 1. The van der Waals surface area contributed by atoms with Crippen LogP contribution < -0.4 is 10.2 Å². The Morgan fingerprint density at radius 3 is 2.84 bits per heavy atom. The molecule has 2 heterocycles. The highest BCUT2D eigenvalue weighted by Gasteiger charge is 2.21. The maximum atomic E-state index is 12.0. The van der Waals surface area contributed by atoms with E-state index in [2.05, 4.69) is 45.0 Å². The molecule has 0 spiro atoms. The summed E-state index contributed by atoms with van der Waals surface area (Å²) in [6, 6.07) is 0. The zero-order valence-corrected chi connectivity index (χ0v) is 13.5. The van der Waals surface area contributed by atoms with E-state index in [0.717, 1.165) is 22.0 Å². The van der Waals surface area contributed by atoms with Crippen molar-refractivity contribution in [3.05, 3.63) is 9.48 Å². The molecule has 19 heavy (non-hydrogen) atoms. The molecule has 2 rings (SSSR count). The molecular formula is C12H18BrN3O2S. The standard InChI is InChI=1S/C12H18BrN3O2S/c1-8(2)7-14-11(17)9-10(13)19-12(15-9)16-3-5-18-6-4-16/h8H,3-7H2,1-2H3,(H,14,17). The summed E-state index contributed by atoms with van der Waals surface area (Å²) in [4.78, 5) is 18.6. The first-order valence-electron chi connectivity index (χ1n) is 6.35. The van der Waals surface area contributed by atoms with Crippen molar-refractivity contribution in [1.29, 1.82) is 0 Å². The SMILES string of the molecule is CC(C)CNC(=O)c1nc(N2CCOCC2)sc1Br. The number of ether oxygens (including phenoxy) is 1. The van der Waals surface area contributed by atoms with Gasteiger partial charge in [-0.1, -0.05) is 25.2 Å². The quantitative estimate of drug-likeness (QED) is 0.906. The van der Waals surface area contributed by atoms with Crippen LogP contribution in [0.1, 0.15) is 24.3 Å². The third-order valence-corrected chi connectivity index (χ3v) is 4.51. The van der Waals surface area contributed by atoms with Crippen LogP contribution in [0.25, 0.3) is 0 Å². The number of hydrogen-bond acceptors (Lipinski definition) is 5. The topological polar surface area (TPSA) is 54.5 Å². The molecule has 7 heteroatoms. The zero-order valence-electron chi connectivity index (χ0n) is 11.1. The molecule has 0 bridgehead atoms. The van der Waals surface area contributed by atoms with Crippen LogP contribution in [-0.2, 0) is 4.74 Å². The third kappa shape index (κ3) is 3.90. The van der Waals surface area contributed by atoms with Crippen molar-refractivity contribution in [3.8, 4) is 0 Å². The largest absolute Gasteiger partial charge is 0.378 e. The molecule has 0 aromatic carbocycles. The van der Waals surface area contributed by atoms with Gasteiger partial charge < -0.3 is 15.0 Å². The van der Waals surface area contributed by atoms with Crippen molar-refractivity contribution in [2.45, 2.75) is 13.8 Å². The van der Waals surface area contributed by atoms with Gasteiger partial charge in [-0.3, -0.25) is 4.79 Å². The maximum Gasteiger partial charge on any atom is 0.272 e. The summed E-state index contributed by atoms with van der Waals surface area (Å²) in [7, 11) is 0. The Hall–Kier alpha value is -0.660. The normalized spacial score (nSPS) is 15.9. The molecule has 1 fully saturated rings. The van der Waals surface area contributed by atoms with E-state index in [9.17, 15) is 4.79 Å². The predicted octanol–water partition coefficient (Wildman–Crippen LogP) is 2.13.